The maximum atomic E-state index is 13.4. The maximum Gasteiger partial charge on any atom is 0.123 e. The van der Waals surface area contributed by atoms with Crippen LogP contribution in [0.3, 0.4) is 0 Å². The number of benzene rings is 2. The van der Waals surface area contributed by atoms with Crippen LogP contribution in [0.15, 0.2) is 40.9 Å². The lowest BCUT2D eigenvalue weighted by atomic mass is 9.98. The van der Waals surface area contributed by atoms with Crippen LogP contribution in [-0.2, 0) is 6.42 Å². The van der Waals surface area contributed by atoms with Crippen LogP contribution in [0, 0.1) is 12.7 Å². The number of hydrogen-bond acceptors (Lipinski definition) is 2. The van der Waals surface area contributed by atoms with Gasteiger partial charge in [-0.3, -0.25) is 0 Å². The number of nitrogens with two attached hydrogens (primary N) is 1. The van der Waals surface area contributed by atoms with E-state index in [9.17, 15) is 4.39 Å². The Bertz CT molecular complexity index is 595. The Morgan fingerprint density at radius 1 is 1.25 bits per heavy atom. The minimum absolute atomic E-state index is 0.250. The number of methoxy groups -OCH3 is 1. The molecule has 0 radical (unpaired) electrons. The van der Waals surface area contributed by atoms with Crippen LogP contribution in [0.25, 0.3) is 0 Å². The molecule has 0 fully saturated rings. The minimum Gasteiger partial charge on any atom is -0.497 e. The fourth-order valence-corrected chi connectivity index (χ4v) is 2.58. The fourth-order valence-electron chi connectivity index (χ4n) is 2.17. The molecule has 106 valence electrons. The molecule has 0 aliphatic rings. The summed E-state index contributed by atoms with van der Waals surface area (Å²) in [4.78, 5) is 0. The Kier molecular flexibility index (Phi) is 4.78. The van der Waals surface area contributed by atoms with Crippen molar-refractivity contribution in [2.24, 2.45) is 5.73 Å². The summed E-state index contributed by atoms with van der Waals surface area (Å²) in [6, 6.07) is 10.4. The molecule has 0 aliphatic heterocycles. The van der Waals surface area contributed by atoms with E-state index in [-0.39, 0.29) is 11.9 Å². The minimum atomic E-state index is -0.257. The molecule has 0 saturated carbocycles. The average Bonchev–Trinajstić information content (AvgIpc) is 2.40. The third kappa shape index (κ3) is 3.58. The van der Waals surface area contributed by atoms with E-state index >= 15 is 0 Å². The smallest absolute Gasteiger partial charge is 0.123 e. The maximum absolute atomic E-state index is 13.4. The third-order valence-electron chi connectivity index (χ3n) is 3.19. The molecule has 0 bridgehead atoms. The van der Waals surface area contributed by atoms with E-state index in [1.54, 1.807) is 7.11 Å². The second kappa shape index (κ2) is 6.37. The Balaban J connectivity index is 2.24. The van der Waals surface area contributed by atoms with E-state index in [2.05, 4.69) is 15.9 Å². The van der Waals surface area contributed by atoms with Crippen LogP contribution in [0.4, 0.5) is 4.39 Å². The SMILES string of the molecule is COc1ccc(Br)c(CC(N)c2cc(C)cc(F)c2)c1. The van der Waals surface area contributed by atoms with Crippen LogP contribution in [-0.4, -0.2) is 7.11 Å². The quantitative estimate of drug-likeness (QED) is 0.909. The lowest BCUT2D eigenvalue weighted by Gasteiger charge is -2.15. The van der Waals surface area contributed by atoms with Crippen molar-refractivity contribution in [3.8, 4) is 5.75 Å². The molecule has 0 heterocycles. The first kappa shape index (κ1) is 15.0. The van der Waals surface area contributed by atoms with Gasteiger partial charge in [0.15, 0.2) is 0 Å². The summed E-state index contributed by atoms with van der Waals surface area (Å²) < 4.78 is 19.6. The molecule has 0 spiro atoms. The highest BCUT2D eigenvalue weighted by Crippen LogP contribution is 2.27. The number of hydrogen-bond donors (Lipinski definition) is 1. The number of rotatable bonds is 4. The average molecular weight is 338 g/mol. The Labute approximate surface area is 126 Å². The van der Waals surface area contributed by atoms with Crippen molar-refractivity contribution in [2.45, 2.75) is 19.4 Å². The first-order valence-electron chi connectivity index (χ1n) is 6.34. The second-order valence-corrected chi connectivity index (χ2v) is 5.68. The predicted octanol–water partition coefficient (Wildman–Crippen LogP) is 4.15. The lowest BCUT2D eigenvalue weighted by molar-refractivity contribution is 0.414. The molecule has 1 atom stereocenters. The van der Waals surface area contributed by atoms with Gasteiger partial charge in [0, 0.05) is 10.5 Å². The molecule has 0 aromatic heterocycles. The zero-order valence-electron chi connectivity index (χ0n) is 11.5. The summed E-state index contributed by atoms with van der Waals surface area (Å²) >= 11 is 3.50. The van der Waals surface area contributed by atoms with Gasteiger partial charge in [0.1, 0.15) is 11.6 Å². The first-order valence-corrected chi connectivity index (χ1v) is 7.14. The van der Waals surface area contributed by atoms with Gasteiger partial charge in [0.25, 0.3) is 0 Å². The summed E-state index contributed by atoms with van der Waals surface area (Å²) in [7, 11) is 1.63. The molecule has 0 amide bonds. The zero-order valence-corrected chi connectivity index (χ0v) is 13.1. The lowest BCUT2D eigenvalue weighted by Crippen LogP contribution is -2.14. The van der Waals surface area contributed by atoms with Crippen LogP contribution in [0.1, 0.15) is 22.7 Å². The fraction of sp³-hybridized carbons (Fsp3) is 0.250. The highest BCUT2D eigenvalue weighted by molar-refractivity contribution is 9.10. The van der Waals surface area contributed by atoms with E-state index in [0.29, 0.717) is 6.42 Å². The topological polar surface area (TPSA) is 35.2 Å². The van der Waals surface area contributed by atoms with Gasteiger partial charge in [-0.15, -0.1) is 0 Å². The van der Waals surface area contributed by atoms with Crippen LogP contribution >= 0.6 is 15.9 Å². The van der Waals surface area contributed by atoms with Gasteiger partial charge in [0.05, 0.1) is 7.11 Å². The van der Waals surface area contributed by atoms with Crippen molar-refractivity contribution < 1.29 is 9.13 Å². The monoisotopic (exact) mass is 337 g/mol. The van der Waals surface area contributed by atoms with Gasteiger partial charge < -0.3 is 10.5 Å². The van der Waals surface area contributed by atoms with Crippen molar-refractivity contribution >= 4 is 15.9 Å². The van der Waals surface area contributed by atoms with Crippen LogP contribution in [0.5, 0.6) is 5.75 Å². The summed E-state index contributed by atoms with van der Waals surface area (Å²) in [5.41, 5.74) is 8.92. The largest absolute Gasteiger partial charge is 0.497 e. The summed E-state index contributed by atoms with van der Waals surface area (Å²) in [5, 5.41) is 0. The van der Waals surface area contributed by atoms with E-state index in [4.69, 9.17) is 10.5 Å². The molecule has 20 heavy (non-hydrogen) atoms. The van der Waals surface area contributed by atoms with E-state index in [1.165, 1.54) is 12.1 Å². The normalized spacial score (nSPS) is 12.2. The molecule has 0 aliphatic carbocycles. The predicted molar refractivity (Wildman–Crippen MR) is 82.5 cm³/mol. The van der Waals surface area contributed by atoms with Crippen molar-refractivity contribution in [1.82, 2.24) is 0 Å². The Morgan fingerprint density at radius 3 is 2.65 bits per heavy atom. The Hall–Kier alpha value is -1.39. The number of halogens is 2. The van der Waals surface area contributed by atoms with Crippen LogP contribution < -0.4 is 10.5 Å². The summed E-state index contributed by atoms with van der Waals surface area (Å²) in [5.74, 6) is 0.533. The number of aryl methyl sites for hydroxylation is 1. The zero-order chi connectivity index (χ0) is 14.7. The van der Waals surface area contributed by atoms with Gasteiger partial charge in [-0.25, -0.2) is 4.39 Å². The molecular weight excluding hydrogens is 321 g/mol. The van der Waals surface area contributed by atoms with E-state index in [0.717, 1.165) is 26.9 Å². The second-order valence-electron chi connectivity index (χ2n) is 4.83. The number of ether oxygens (including phenoxy) is 1. The first-order chi connectivity index (χ1) is 9.49. The summed E-state index contributed by atoms with van der Waals surface area (Å²) in [6.07, 6.45) is 0.612. The van der Waals surface area contributed by atoms with Crippen molar-refractivity contribution in [1.29, 1.82) is 0 Å². The van der Waals surface area contributed by atoms with E-state index in [1.807, 2.05) is 31.2 Å². The van der Waals surface area contributed by atoms with Crippen molar-refractivity contribution in [3.05, 3.63) is 63.4 Å². The van der Waals surface area contributed by atoms with Gasteiger partial charge in [0.2, 0.25) is 0 Å². The third-order valence-corrected chi connectivity index (χ3v) is 3.96. The van der Waals surface area contributed by atoms with Crippen LogP contribution in [0.2, 0.25) is 0 Å². The molecule has 2 N–H and O–H groups in total. The van der Waals surface area contributed by atoms with Gasteiger partial charge in [-0.2, -0.15) is 0 Å². The van der Waals surface area contributed by atoms with E-state index < -0.39 is 0 Å². The highest BCUT2D eigenvalue weighted by Gasteiger charge is 2.12. The van der Waals surface area contributed by atoms with Gasteiger partial charge >= 0.3 is 0 Å². The molecule has 1 unspecified atom stereocenters. The van der Waals surface area contributed by atoms with Gasteiger partial charge in [-0.05, 0) is 60.4 Å². The standard InChI is InChI=1S/C16H17BrFNO/c1-10-5-12(7-13(18)6-10)16(19)9-11-8-14(20-2)3-4-15(11)17/h3-8,16H,9,19H2,1-2H3. The molecule has 2 rings (SSSR count). The van der Waals surface area contributed by atoms with Crippen molar-refractivity contribution in [3.63, 3.8) is 0 Å². The molecule has 2 aromatic rings. The molecule has 0 saturated heterocycles. The highest BCUT2D eigenvalue weighted by atomic mass is 79.9. The Morgan fingerprint density at radius 2 is 2.00 bits per heavy atom. The molecular formula is C16H17BrFNO. The van der Waals surface area contributed by atoms with Crippen molar-refractivity contribution in [2.75, 3.05) is 7.11 Å². The van der Waals surface area contributed by atoms with Gasteiger partial charge in [-0.1, -0.05) is 22.0 Å². The summed E-state index contributed by atoms with van der Waals surface area (Å²) in [6.45, 7) is 1.86. The molecule has 4 heteroatoms. The molecule has 2 aromatic carbocycles. The molecule has 2 nitrogen and oxygen atoms in total.